The van der Waals surface area contributed by atoms with Gasteiger partial charge >= 0.3 is 0 Å². The Labute approximate surface area is 158 Å². The first-order chi connectivity index (χ1) is 12.5. The van der Waals surface area contributed by atoms with Gasteiger partial charge in [-0.15, -0.1) is 0 Å². The van der Waals surface area contributed by atoms with E-state index in [1.165, 1.54) is 32.1 Å². The quantitative estimate of drug-likeness (QED) is 0.531. The lowest BCUT2D eigenvalue weighted by Gasteiger charge is -2.26. The van der Waals surface area contributed by atoms with Crippen molar-refractivity contribution in [2.24, 2.45) is 10.4 Å². The summed E-state index contributed by atoms with van der Waals surface area (Å²) in [5.74, 6) is 0.886. The van der Waals surface area contributed by atoms with Crippen LogP contribution in [0.5, 0.6) is 0 Å². The van der Waals surface area contributed by atoms with Crippen molar-refractivity contribution in [1.82, 2.24) is 14.9 Å². The first kappa shape index (κ1) is 19.9. The van der Waals surface area contributed by atoms with Crippen molar-refractivity contribution >= 4 is 16.0 Å². The minimum Gasteiger partial charge on any atom is -0.377 e. The predicted molar refractivity (Wildman–Crippen MR) is 104 cm³/mol. The van der Waals surface area contributed by atoms with Gasteiger partial charge in [0.05, 0.1) is 11.9 Å². The molecule has 0 aromatic heterocycles. The molecule has 0 radical (unpaired) electrons. The van der Waals surface area contributed by atoms with E-state index in [1.807, 2.05) is 0 Å². The smallest absolute Gasteiger partial charge is 0.213 e. The van der Waals surface area contributed by atoms with Crippen LogP contribution >= 0.6 is 0 Å². The van der Waals surface area contributed by atoms with E-state index < -0.39 is 10.0 Å². The lowest BCUT2D eigenvalue weighted by Crippen LogP contribution is -2.44. The van der Waals surface area contributed by atoms with Crippen molar-refractivity contribution in [3.63, 3.8) is 0 Å². The van der Waals surface area contributed by atoms with E-state index in [0.29, 0.717) is 18.5 Å². The van der Waals surface area contributed by atoms with Gasteiger partial charge in [-0.05, 0) is 43.9 Å². The number of aliphatic imine (C=N–C) groups is 1. The van der Waals surface area contributed by atoms with Crippen molar-refractivity contribution in [2.45, 2.75) is 57.5 Å². The van der Waals surface area contributed by atoms with E-state index >= 15 is 0 Å². The number of likely N-dealkylation sites (tertiary alicyclic amines) is 1. The second-order valence-electron chi connectivity index (χ2n) is 8.01. The molecule has 0 aromatic carbocycles. The fourth-order valence-corrected chi connectivity index (χ4v) is 5.49. The molecule has 2 saturated heterocycles. The summed E-state index contributed by atoms with van der Waals surface area (Å²) in [5.41, 5.74) is 0.477. The van der Waals surface area contributed by atoms with Gasteiger partial charge in [0.1, 0.15) is 0 Å². The lowest BCUT2D eigenvalue weighted by atomic mass is 9.86. The molecule has 7 nitrogen and oxygen atoms in total. The summed E-state index contributed by atoms with van der Waals surface area (Å²) in [6.45, 7) is 3.56. The van der Waals surface area contributed by atoms with Crippen LogP contribution in [0.25, 0.3) is 0 Å². The highest BCUT2D eigenvalue weighted by Crippen LogP contribution is 2.45. The summed E-state index contributed by atoms with van der Waals surface area (Å²) in [6, 6.07) is 0. The Balaban J connectivity index is 1.39. The van der Waals surface area contributed by atoms with Crippen LogP contribution in [0.15, 0.2) is 4.99 Å². The van der Waals surface area contributed by atoms with Crippen LogP contribution in [0.4, 0.5) is 0 Å². The van der Waals surface area contributed by atoms with E-state index in [9.17, 15) is 8.42 Å². The fraction of sp³-hybridized carbons (Fsp3) is 0.944. The Morgan fingerprint density at radius 3 is 2.73 bits per heavy atom. The molecular weight excluding hydrogens is 352 g/mol. The zero-order valence-corrected chi connectivity index (χ0v) is 16.8. The normalized spacial score (nSPS) is 26.6. The molecule has 8 heteroatoms. The minimum absolute atomic E-state index is 0.0199. The number of nitrogens with one attached hydrogen (secondary N) is 2. The Bertz CT molecular complexity index is 581. The minimum atomic E-state index is -3.30. The van der Waals surface area contributed by atoms with E-state index in [2.05, 4.69) is 19.9 Å². The summed E-state index contributed by atoms with van der Waals surface area (Å²) in [4.78, 5) is 6.65. The van der Waals surface area contributed by atoms with Gasteiger partial charge in [0.25, 0.3) is 0 Å². The molecule has 3 aliphatic rings. The fourth-order valence-electron chi connectivity index (χ4n) is 4.54. The Kier molecular flexibility index (Phi) is 6.80. The van der Waals surface area contributed by atoms with Crippen LogP contribution in [-0.4, -0.2) is 71.0 Å². The number of hydrogen-bond donors (Lipinski definition) is 2. The highest BCUT2D eigenvalue weighted by Gasteiger charge is 2.41. The SMILES string of the molecule is CN=C(NCCS(=O)(=O)NCC1CCCCO1)N1CCC2(CCCC2)C1. The Morgan fingerprint density at radius 1 is 1.23 bits per heavy atom. The molecule has 0 bridgehead atoms. The van der Waals surface area contributed by atoms with Gasteiger partial charge in [-0.1, -0.05) is 12.8 Å². The largest absolute Gasteiger partial charge is 0.377 e. The molecule has 0 amide bonds. The van der Waals surface area contributed by atoms with Gasteiger partial charge in [0, 0.05) is 39.8 Å². The highest BCUT2D eigenvalue weighted by atomic mass is 32.2. The van der Waals surface area contributed by atoms with Crippen molar-refractivity contribution < 1.29 is 13.2 Å². The summed E-state index contributed by atoms with van der Waals surface area (Å²) >= 11 is 0. The molecule has 1 saturated carbocycles. The zero-order chi connectivity index (χ0) is 18.5. The van der Waals surface area contributed by atoms with Gasteiger partial charge < -0.3 is 15.0 Å². The second-order valence-corrected chi connectivity index (χ2v) is 9.93. The number of ether oxygens (including phenoxy) is 1. The summed E-state index contributed by atoms with van der Waals surface area (Å²) in [6.07, 6.45) is 9.70. The van der Waals surface area contributed by atoms with Gasteiger partial charge in [0.15, 0.2) is 5.96 Å². The van der Waals surface area contributed by atoms with Gasteiger partial charge in [-0.25, -0.2) is 13.1 Å². The first-order valence-corrected chi connectivity index (χ1v) is 11.7. The van der Waals surface area contributed by atoms with Crippen LogP contribution in [0.3, 0.4) is 0 Å². The molecule has 26 heavy (non-hydrogen) atoms. The molecule has 2 aliphatic heterocycles. The monoisotopic (exact) mass is 386 g/mol. The number of sulfonamides is 1. The second kappa shape index (κ2) is 8.89. The molecular formula is C18H34N4O3S. The van der Waals surface area contributed by atoms with Crippen molar-refractivity contribution in [3.8, 4) is 0 Å². The molecule has 1 unspecified atom stereocenters. The molecule has 0 aromatic rings. The third-order valence-electron chi connectivity index (χ3n) is 6.07. The number of nitrogens with zero attached hydrogens (tertiary/aromatic N) is 2. The average Bonchev–Trinajstić information content (AvgIpc) is 3.28. The van der Waals surface area contributed by atoms with E-state index in [1.54, 1.807) is 7.05 Å². The molecule has 2 heterocycles. The molecule has 150 valence electrons. The third-order valence-corrected chi connectivity index (χ3v) is 7.42. The summed E-state index contributed by atoms with van der Waals surface area (Å²) in [5, 5.41) is 3.24. The molecule has 1 atom stereocenters. The summed E-state index contributed by atoms with van der Waals surface area (Å²) < 4.78 is 32.7. The Morgan fingerprint density at radius 2 is 2.04 bits per heavy atom. The maximum Gasteiger partial charge on any atom is 0.213 e. The van der Waals surface area contributed by atoms with Crippen LogP contribution in [0.1, 0.15) is 51.4 Å². The molecule has 1 spiro atoms. The molecule has 1 aliphatic carbocycles. The first-order valence-electron chi connectivity index (χ1n) is 10.1. The Hall–Kier alpha value is -0.860. The van der Waals surface area contributed by atoms with Crippen molar-refractivity contribution in [3.05, 3.63) is 0 Å². The van der Waals surface area contributed by atoms with Crippen LogP contribution < -0.4 is 10.0 Å². The highest BCUT2D eigenvalue weighted by molar-refractivity contribution is 7.89. The van der Waals surface area contributed by atoms with Gasteiger partial charge in [-0.2, -0.15) is 0 Å². The van der Waals surface area contributed by atoms with Crippen molar-refractivity contribution in [2.75, 3.05) is 45.6 Å². The van der Waals surface area contributed by atoms with Gasteiger partial charge in [0.2, 0.25) is 10.0 Å². The van der Waals surface area contributed by atoms with Crippen LogP contribution in [0.2, 0.25) is 0 Å². The van der Waals surface area contributed by atoms with E-state index in [-0.39, 0.29) is 11.9 Å². The maximum atomic E-state index is 12.2. The van der Waals surface area contributed by atoms with Crippen LogP contribution in [0, 0.1) is 5.41 Å². The third kappa shape index (κ3) is 5.33. The molecule has 3 fully saturated rings. The molecule has 2 N–H and O–H groups in total. The van der Waals surface area contributed by atoms with E-state index in [4.69, 9.17) is 4.74 Å². The lowest BCUT2D eigenvalue weighted by molar-refractivity contribution is 0.0200. The topological polar surface area (TPSA) is 83.0 Å². The van der Waals surface area contributed by atoms with Crippen LogP contribution in [-0.2, 0) is 14.8 Å². The molecule has 3 rings (SSSR count). The van der Waals surface area contributed by atoms with Gasteiger partial charge in [-0.3, -0.25) is 4.99 Å². The maximum absolute atomic E-state index is 12.2. The van der Waals surface area contributed by atoms with E-state index in [0.717, 1.165) is 44.9 Å². The van der Waals surface area contributed by atoms with Crippen molar-refractivity contribution in [1.29, 1.82) is 0 Å². The standard InChI is InChI=1S/C18H34N4O3S/c1-19-17(22-11-9-18(15-22)7-3-4-8-18)20-10-13-26(23,24)21-14-16-6-2-5-12-25-16/h16,21H,2-15H2,1H3,(H,19,20). The average molecular weight is 387 g/mol. The number of hydrogen-bond acceptors (Lipinski definition) is 4. The number of rotatable bonds is 6. The predicted octanol–water partition coefficient (Wildman–Crippen LogP) is 1.32. The zero-order valence-electron chi connectivity index (χ0n) is 16.0. The summed E-state index contributed by atoms with van der Waals surface area (Å²) in [7, 11) is -1.52. The number of guanidine groups is 1.